The number of halogens is 1. The Balaban J connectivity index is 1.31. The Labute approximate surface area is 236 Å². The minimum Gasteiger partial charge on any atom is -0.465 e. The molecule has 11 nitrogen and oxygen atoms in total. The lowest BCUT2D eigenvalue weighted by Crippen LogP contribution is -2.31. The van der Waals surface area contributed by atoms with Crippen LogP contribution in [0.1, 0.15) is 56.4 Å². The highest BCUT2D eigenvalue weighted by atomic mass is 35.5. The van der Waals surface area contributed by atoms with Gasteiger partial charge in [-0.1, -0.05) is 17.7 Å². The van der Waals surface area contributed by atoms with E-state index in [1.54, 1.807) is 45.0 Å². The number of hydrogen-bond acceptors (Lipinski definition) is 7. The third-order valence-corrected chi connectivity index (χ3v) is 6.45. The maximum Gasteiger partial charge on any atom is 0.413 e. The lowest BCUT2D eigenvalue weighted by Gasteiger charge is -2.22. The number of nitrogens with one attached hydrogen (secondary N) is 2. The highest BCUT2D eigenvalue weighted by Gasteiger charge is 2.24. The number of anilines is 3. The van der Waals surface area contributed by atoms with Crippen LogP contribution in [0.15, 0.2) is 55.1 Å². The summed E-state index contributed by atoms with van der Waals surface area (Å²) in [4.78, 5) is 38.7. The Morgan fingerprint density at radius 1 is 1.15 bits per heavy atom. The molecule has 3 N–H and O–H groups in total. The zero-order chi connectivity index (χ0) is 28.4. The SMILES string of the molecule is CC(C)(C)OC(=O)Nc1ccc(Cl)cc1CN(C(=O)O)c1cc(NCc2cn3cc(C4CC4)ccc3n2)ncn1. The minimum atomic E-state index is -1.24. The maximum absolute atomic E-state index is 12.4. The van der Waals surface area contributed by atoms with Crippen LogP contribution in [0.25, 0.3) is 5.65 Å². The van der Waals surface area contributed by atoms with Crippen molar-refractivity contribution in [2.75, 3.05) is 15.5 Å². The number of pyridine rings is 1. The predicted molar refractivity (Wildman–Crippen MR) is 152 cm³/mol. The molecule has 1 fully saturated rings. The molecule has 5 rings (SSSR count). The van der Waals surface area contributed by atoms with Gasteiger partial charge in [0.25, 0.3) is 0 Å². The number of hydrogen-bond donors (Lipinski definition) is 3. The Hall–Kier alpha value is -4.38. The first kappa shape index (κ1) is 27.2. The fraction of sp³-hybridized carbons (Fsp3) is 0.321. The van der Waals surface area contributed by atoms with Crippen molar-refractivity contribution >= 4 is 46.8 Å². The number of fused-ring (bicyclic) bond motifs is 1. The van der Waals surface area contributed by atoms with Gasteiger partial charge in [0.2, 0.25) is 0 Å². The van der Waals surface area contributed by atoms with E-state index in [2.05, 4.69) is 37.8 Å². The summed E-state index contributed by atoms with van der Waals surface area (Å²) in [5.41, 5.74) is 3.14. The molecule has 0 aliphatic heterocycles. The van der Waals surface area contributed by atoms with Gasteiger partial charge in [0, 0.05) is 29.2 Å². The van der Waals surface area contributed by atoms with E-state index in [1.165, 1.54) is 24.7 Å². The third kappa shape index (κ3) is 6.78. The largest absolute Gasteiger partial charge is 0.465 e. The van der Waals surface area contributed by atoms with Crippen LogP contribution in [-0.2, 0) is 17.8 Å². The predicted octanol–water partition coefficient (Wildman–Crippen LogP) is 6.30. The molecule has 1 aromatic carbocycles. The second-order valence-electron chi connectivity index (χ2n) is 10.6. The standard InChI is InChI=1S/C28H30ClN7O4/c1-28(2,3)40-26(37)34-22-8-7-20(29)10-19(22)14-36(27(38)39)25-11-23(31-16-32-25)30-12-21-15-35-13-18(17-4-5-17)6-9-24(35)33-21/h6-11,13,15-17H,4-5,12,14H2,1-3H3,(H,34,37)(H,38,39)(H,30,31,32). The van der Waals surface area contributed by atoms with Crippen molar-refractivity contribution in [1.29, 1.82) is 0 Å². The number of imidazole rings is 1. The fourth-order valence-corrected chi connectivity index (χ4v) is 4.42. The van der Waals surface area contributed by atoms with Gasteiger partial charge in [-0.15, -0.1) is 0 Å². The summed E-state index contributed by atoms with van der Waals surface area (Å²) in [5, 5.41) is 16.3. The van der Waals surface area contributed by atoms with Crippen LogP contribution in [0.3, 0.4) is 0 Å². The normalized spacial score (nSPS) is 13.2. The topological polar surface area (TPSA) is 134 Å². The maximum atomic E-state index is 12.4. The van der Waals surface area contributed by atoms with Crippen molar-refractivity contribution in [3.63, 3.8) is 0 Å². The monoisotopic (exact) mass is 563 g/mol. The summed E-state index contributed by atoms with van der Waals surface area (Å²) in [5.74, 6) is 1.24. The Bertz CT molecular complexity index is 1560. The van der Waals surface area contributed by atoms with Crippen molar-refractivity contribution in [1.82, 2.24) is 19.4 Å². The summed E-state index contributed by atoms with van der Waals surface area (Å²) >= 11 is 6.20. The van der Waals surface area contributed by atoms with E-state index >= 15 is 0 Å². The molecule has 4 aromatic rings. The van der Waals surface area contributed by atoms with Gasteiger partial charge in [0.05, 0.1) is 18.8 Å². The second-order valence-corrected chi connectivity index (χ2v) is 11.1. The molecule has 0 unspecified atom stereocenters. The first-order valence-electron chi connectivity index (χ1n) is 12.9. The number of nitrogens with zero attached hydrogens (tertiary/aromatic N) is 5. The van der Waals surface area contributed by atoms with Crippen molar-refractivity contribution in [3.8, 4) is 0 Å². The molecular weight excluding hydrogens is 534 g/mol. The number of carboxylic acid groups (broad SMARTS) is 1. The molecule has 0 saturated heterocycles. The molecule has 12 heteroatoms. The average Bonchev–Trinajstić information content (AvgIpc) is 3.65. The van der Waals surface area contributed by atoms with Crippen molar-refractivity contribution in [3.05, 3.63) is 77.0 Å². The van der Waals surface area contributed by atoms with Gasteiger partial charge in [-0.3, -0.25) is 10.2 Å². The van der Waals surface area contributed by atoms with Crippen LogP contribution >= 0.6 is 11.6 Å². The van der Waals surface area contributed by atoms with Crippen molar-refractivity contribution < 1.29 is 19.4 Å². The van der Waals surface area contributed by atoms with Crippen molar-refractivity contribution in [2.24, 2.45) is 0 Å². The van der Waals surface area contributed by atoms with E-state index in [9.17, 15) is 14.7 Å². The van der Waals surface area contributed by atoms with Gasteiger partial charge in [0.15, 0.2) is 0 Å². The van der Waals surface area contributed by atoms with E-state index in [0.29, 0.717) is 34.6 Å². The van der Waals surface area contributed by atoms with Crippen molar-refractivity contribution in [2.45, 2.75) is 58.2 Å². The van der Waals surface area contributed by atoms with Crippen LogP contribution < -0.4 is 15.5 Å². The van der Waals surface area contributed by atoms with Crippen LogP contribution in [0.2, 0.25) is 5.02 Å². The fourth-order valence-electron chi connectivity index (χ4n) is 4.22. The van der Waals surface area contributed by atoms with Gasteiger partial charge in [0.1, 0.15) is 29.2 Å². The van der Waals surface area contributed by atoms with Crippen LogP contribution in [0, 0.1) is 0 Å². The lowest BCUT2D eigenvalue weighted by molar-refractivity contribution is 0.0635. The van der Waals surface area contributed by atoms with Gasteiger partial charge in [-0.05, 0) is 74.9 Å². The quantitative estimate of drug-likeness (QED) is 0.227. The first-order valence-corrected chi connectivity index (χ1v) is 13.2. The molecular formula is C28H30ClN7O4. The summed E-state index contributed by atoms with van der Waals surface area (Å²) in [6.07, 6.45) is 5.95. The Morgan fingerprint density at radius 3 is 2.67 bits per heavy atom. The zero-order valence-corrected chi connectivity index (χ0v) is 23.1. The number of carbonyl (C=O) groups excluding carboxylic acids is 1. The van der Waals surface area contributed by atoms with Gasteiger partial charge in [-0.25, -0.2) is 24.5 Å². The van der Waals surface area contributed by atoms with E-state index in [4.69, 9.17) is 16.3 Å². The molecule has 3 heterocycles. The molecule has 0 atom stereocenters. The number of benzene rings is 1. The number of rotatable bonds is 8. The molecule has 0 bridgehead atoms. The van der Waals surface area contributed by atoms with Gasteiger partial charge >= 0.3 is 12.2 Å². The number of aromatic nitrogens is 4. The molecule has 1 aliphatic carbocycles. The minimum absolute atomic E-state index is 0.132. The molecule has 40 heavy (non-hydrogen) atoms. The van der Waals surface area contributed by atoms with Gasteiger partial charge in [-0.2, -0.15) is 0 Å². The Morgan fingerprint density at radius 2 is 1.95 bits per heavy atom. The lowest BCUT2D eigenvalue weighted by atomic mass is 10.1. The number of ether oxygens (including phenoxy) is 1. The van der Waals surface area contributed by atoms with E-state index in [0.717, 1.165) is 16.2 Å². The number of amides is 2. The zero-order valence-electron chi connectivity index (χ0n) is 22.4. The van der Waals surface area contributed by atoms with Crippen LogP contribution in [0.4, 0.5) is 26.9 Å². The summed E-state index contributed by atoms with van der Waals surface area (Å²) in [6.45, 7) is 5.52. The number of carbonyl (C=O) groups is 2. The highest BCUT2D eigenvalue weighted by molar-refractivity contribution is 6.30. The van der Waals surface area contributed by atoms with Crippen LogP contribution in [-0.4, -0.2) is 42.2 Å². The first-order chi connectivity index (χ1) is 19.0. The van der Waals surface area contributed by atoms with E-state index < -0.39 is 17.8 Å². The smallest absolute Gasteiger partial charge is 0.413 e. The molecule has 1 aliphatic rings. The van der Waals surface area contributed by atoms with E-state index in [-0.39, 0.29) is 12.4 Å². The molecule has 0 radical (unpaired) electrons. The second kappa shape index (κ2) is 11.0. The molecule has 0 spiro atoms. The summed E-state index contributed by atoms with van der Waals surface area (Å²) < 4.78 is 7.36. The summed E-state index contributed by atoms with van der Waals surface area (Å²) in [7, 11) is 0. The summed E-state index contributed by atoms with van der Waals surface area (Å²) in [6, 6.07) is 10.5. The van der Waals surface area contributed by atoms with Gasteiger partial charge < -0.3 is 19.6 Å². The third-order valence-electron chi connectivity index (χ3n) is 6.21. The average molecular weight is 564 g/mol. The van der Waals surface area contributed by atoms with E-state index in [1.807, 2.05) is 16.7 Å². The molecule has 208 valence electrons. The Kier molecular flexibility index (Phi) is 7.49. The molecule has 1 saturated carbocycles. The highest BCUT2D eigenvalue weighted by Crippen LogP contribution is 2.39. The van der Waals surface area contributed by atoms with Crippen LogP contribution in [0.5, 0.6) is 0 Å². The molecule has 3 aromatic heterocycles. The molecule has 2 amide bonds.